The van der Waals surface area contributed by atoms with Crippen molar-refractivity contribution in [3.05, 3.63) is 75.3 Å². The number of non-ortho nitro benzene ring substituents is 1. The zero-order valence-electron chi connectivity index (χ0n) is 23.1. The van der Waals surface area contributed by atoms with Crippen LogP contribution < -0.4 is 4.74 Å². The van der Waals surface area contributed by atoms with E-state index in [1.54, 1.807) is 24.3 Å². The van der Waals surface area contributed by atoms with Crippen LogP contribution >= 0.6 is 0 Å². The first-order valence-corrected chi connectivity index (χ1v) is 13.8. The molecule has 3 rings (SSSR count). The van der Waals surface area contributed by atoms with Crippen LogP contribution in [0.3, 0.4) is 0 Å². The van der Waals surface area contributed by atoms with Crippen molar-refractivity contribution in [2.24, 2.45) is 0 Å². The van der Waals surface area contributed by atoms with E-state index < -0.39 is 28.4 Å². The van der Waals surface area contributed by atoms with Crippen LogP contribution in [0.15, 0.2) is 54.1 Å². The molecule has 0 aromatic heterocycles. The summed E-state index contributed by atoms with van der Waals surface area (Å²) in [6.45, 7) is 9.82. The fraction of sp³-hybridized carbons (Fsp3) is 0.467. The molecule has 39 heavy (non-hydrogen) atoms. The predicted octanol–water partition coefficient (Wildman–Crippen LogP) is 5.71. The number of likely N-dealkylation sites (tertiary alicyclic amines) is 1. The van der Waals surface area contributed by atoms with Crippen LogP contribution in [0.5, 0.6) is 5.75 Å². The van der Waals surface area contributed by atoms with Crippen LogP contribution in [0.2, 0.25) is 0 Å². The summed E-state index contributed by atoms with van der Waals surface area (Å²) < 4.78 is 5.55. The highest BCUT2D eigenvalue weighted by atomic mass is 16.6. The van der Waals surface area contributed by atoms with Gasteiger partial charge in [-0.25, -0.2) is 0 Å². The van der Waals surface area contributed by atoms with Gasteiger partial charge >= 0.3 is 0 Å². The first-order chi connectivity index (χ1) is 18.8. The molecule has 0 aliphatic carbocycles. The molecule has 1 N–H and O–H groups in total. The standard InChI is InChI=1S/C30H39N3O6/c1-4-7-17-31(18-8-5-2)19-10-20-32-27(22-13-15-25(16-14-22)39-6-3)26(29(35)30(32)36)28(34)23-11-9-12-24(21-23)33(37)38/h9,11-16,21,27,34H,4-8,10,17-20H2,1-3H3/t27-/m1/s1. The minimum Gasteiger partial charge on any atom is -0.507 e. The number of carbonyl (C=O) groups is 2. The molecule has 0 spiro atoms. The second kappa shape index (κ2) is 14.4. The third kappa shape index (κ3) is 7.44. The summed E-state index contributed by atoms with van der Waals surface area (Å²) in [5, 5.41) is 22.5. The molecule has 1 amide bonds. The molecule has 0 bridgehead atoms. The number of carbonyl (C=O) groups excluding carboxylic acids is 2. The molecule has 1 heterocycles. The molecular formula is C30H39N3O6. The predicted molar refractivity (Wildman–Crippen MR) is 151 cm³/mol. The fourth-order valence-corrected chi connectivity index (χ4v) is 4.86. The number of amides is 1. The van der Waals surface area contributed by atoms with Gasteiger partial charge in [-0.05, 0) is 63.5 Å². The van der Waals surface area contributed by atoms with Gasteiger partial charge in [-0.3, -0.25) is 19.7 Å². The summed E-state index contributed by atoms with van der Waals surface area (Å²) in [6.07, 6.45) is 5.08. The average molecular weight is 538 g/mol. The first-order valence-electron chi connectivity index (χ1n) is 13.8. The highest BCUT2D eigenvalue weighted by molar-refractivity contribution is 6.46. The number of aliphatic hydroxyl groups excluding tert-OH is 1. The Kier molecular flexibility index (Phi) is 11.0. The second-order valence-electron chi connectivity index (χ2n) is 9.70. The van der Waals surface area contributed by atoms with Crippen LogP contribution in [0.25, 0.3) is 5.76 Å². The van der Waals surface area contributed by atoms with Gasteiger partial charge in [0.05, 0.1) is 23.1 Å². The smallest absolute Gasteiger partial charge is 0.295 e. The van der Waals surface area contributed by atoms with Gasteiger partial charge in [0, 0.05) is 24.2 Å². The van der Waals surface area contributed by atoms with E-state index in [9.17, 15) is 24.8 Å². The monoisotopic (exact) mass is 537 g/mol. The number of nitrogens with zero attached hydrogens (tertiary/aromatic N) is 3. The van der Waals surface area contributed by atoms with Crippen molar-refractivity contribution >= 4 is 23.1 Å². The lowest BCUT2D eigenvalue weighted by Gasteiger charge is -2.27. The quantitative estimate of drug-likeness (QED) is 0.102. The maximum absolute atomic E-state index is 13.3. The average Bonchev–Trinajstić information content (AvgIpc) is 3.19. The maximum Gasteiger partial charge on any atom is 0.295 e. The molecule has 2 aromatic carbocycles. The van der Waals surface area contributed by atoms with Gasteiger partial charge in [-0.2, -0.15) is 0 Å². The number of hydrogen-bond donors (Lipinski definition) is 1. The molecule has 2 aromatic rings. The van der Waals surface area contributed by atoms with Crippen molar-refractivity contribution in [2.75, 3.05) is 32.8 Å². The Morgan fingerprint density at radius 2 is 1.64 bits per heavy atom. The van der Waals surface area contributed by atoms with Crippen LogP contribution in [0.1, 0.15) is 70.0 Å². The van der Waals surface area contributed by atoms with E-state index in [0.29, 0.717) is 30.9 Å². The zero-order valence-corrected chi connectivity index (χ0v) is 23.1. The Morgan fingerprint density at radius 1 is 1.00 bits per heavy atom. The number of aliphatic hydroxyl groups is 1. The Balaban J connectivity index is 1.96. The third-order valence-electron chi connectivity index (χ3n) is 6.91. The van der Waals surface area contributed by atoms with E-state index in [-0.39, 0.29) is 16.8 Å². The fourth-order valence-electron chi connectivity index (χ4n) is 4.86. The summed E-state index contributed by atoms with van der Waals surface area (Å²) in [5.74, 6) is -1.26. The van der Waals surface area contributed by atoms with Crippen molar-refractivity contribution < 1.29 is 24.4 Å². The van der Waals surface area contributed by atoms with E-state index in [1.807, 2.05) is 6.92 Å². The molecule has 1 saturated heterocycles. The molecule has 0 radical (unpaired) electrons. The molecule has 1 aliphatic heterocycles. The largest absolute Gasteiger partial charge is 0.507 e. The minimum absolute atomic E-state index is 0.0709. The topological polar surface area (TPSA) is 113 Å². The van der Waals surface area contributed by atoms with Crippen LogP contribution in [0.4, 0.5) is 5.69 Å². The van der Waals surface area contributed by atoms with E-state index in [4.69, 9.17) is 4.74 Å². The van der Waals surface area contributed by atoms with Crippen molar-refractivity contribution in [1.82, 2.24) is 9.80 Å². The van der Waals surface area contributed by atoms with Gasteiger partial charge in [0.1, 0.15) is 11.5 Å². The van der Waals surface area contributed by atoms with E-state index in [1.165, 1.54) is 29.2 Å². The number of rotatable bonds is 15. The summed E-state index contributed by atoms with van der Waals surface area (Å²) in [6, 6.07) is 11.7. The highest BCUT2D eigenvalue weighted by Crippen LogP contribution is 2.40. The van der Waals surface area contributed by atoms with Crippen LogP contribution in [-0.4, -0.2) is 64.3 Å². The number of unbranched alkanes of at least 4 members (excludes halogenated alkanes) is 2. The normalized spacial score (nSPS) is 16.7. The number of hydrogen-bond acceptors (Lipinski definition) is 7. The molecule has 1 aliphatic rings. The third-order valence-corrected chi connectivity index (χ3v) is 6.91. The zero-order chi connectivity index (χ0) is 28.4. The van der Waals surface area contributed by atoms with E-state index in [2.05, 4.69) is 18.7 Å². The van der Waals surface area contributed by atoms with Gasteiger partial charge in [0.2, 0.25) is 0 Å². The summed E-state index contributed by atoms with van der Waals surface area (Å²) in [7, 11) is 0. The second-order valence-corrected chi connectivity index (χ2v) is 9.70. The lowest BCUT2D eigenvalue weighted by Crippen LogP contribution is -2.34. The van der Waals surface area contributed by atoms with Crippen LogP contribution in [-0.2, 0) is 9.59 Å². The van der Waals surface area contributed by atoms with Gasteiger partial charge in [0.15, 0.2) is 0 Å². The van der Waals surface area contributed by atoms with Crippen molar-refractivity contribution in [2.45, 2.75) is 58.9 Å². The number of ketones is 1. The Morgan fingerprint density at radius 3 is 2.23 bits per heavy atom. The highest BCUT2D eigenvalue weighted by Gasteiger charge is 2.45. The SMILES string of the molecule is CCCCN(CCCC)CCCN1C(=O)C(=O)C(=C(O)c2cccc([N+](=O)[O-])c2)[C@H]1c1ccc(OCC)cc1. The minimum atomic E-state index is -0.820. The molecule has 210 valence electrons. The van der Waals surface area contributed by atoms with Gasteiger partial charge in [0.25, 0.3) is 17.4 Å². The molecule has 1 fully saturated rings. The van der Waals surface area contributed by atoms with Crippen molar-refractivity contribution in [1.29, 1.82) is 0 Å². The number of benzene rings is 2. The van der Waals surface area contributed by atoms with Crippen molar-refractivity contribution in [3.8, 4) is 5.75 Å². The lowest BCUT2D eigenvalue weighted by molar-refractivity contribution is -0.384. The van der Waals surface area contributed by atoms with Crippen LogP contribution in [0, 0.1) is 10.1 Å². The van der Waals surface area contributed by atoms with E-state index >= 15 is 0 Å². The maximum atomic E-state index is 13.3. The molecule has 0 unspecified atom stereocenters. The van der Waals surface area contributed by atoms with E-state index in [0.717, 1.165) is 45.3 Å². The lowest BCUT2D eigenvalue weighted by atomic mass is 9.95. The number of nitro groups is 1. The summed E-state index contributed by atoms with van der Waals surface area (Å²) >= 11 is 0. The Hall–Kier alpha value is -3.72. The Bertz CT molecular complexity index is 1170. The van der Waals surface area contributed by atoms with Gasteiger partial charge in [-0.15, -0.1) is 0 Å². The number of Topliss-reactive ketones (excluding diaryl/α,β-unsaturated/α-hetero) is 1. The number of nitro benzene ring substituents is 1. The molecule has 9 nitrogen and oxygen atoms in total. The van der Waals surface area contributed by atoms with Crippen molar-refractivity contribution in [3.63, 3.8) is 0 Å². The molecule has 9 heteroatoms. The number of ether oxygens (including phenoxy) is 1. The summed E-state index contributed by atoms with van der Waals surface area (Å²) in [4.78, 5) is 41.2. The van der Waals surface area contributed by atoms with Gasteiger partial charge < -0.3 is 19.6 Å². The Labute approximate surface area is 230 Å². The van der Waals surface area contributed by atoms with Gasteiger partial charge in [-0.1, -0.05) is 51.0 Å². The molecular weight excluding hydrogens is 498 g/mol. The molecule has 0 saturated carbocycles. The summed E-state index contributed by atoms with van der Waals surface area (Å²) in [5.41, 5.74) is 0.477. The first kappa shape index (κ1) is 29.8. The molecule has 1 atom stereocenters.